The van der Waals surface area contributed by atoms with E-state index in [-0.39, 0.29) is 0 Å². The standard InChI is InChI=1S/C4H7NO/c1-3-5-6-4-2/h3-5H,1-2H2. The third kappa shape index (κ3) is 3.08. The smallest absolute Gasteiger partial charge is 0.112 e. The molecule has 0 spiro atoms. The molecule has 0 heterocycles. The summed E-state index contributed by atoms with van der Waals surface area (Å²) >= 11 is 0. The van der Waals surface area contributed by atoms with Crippen molar-refractivity contribution in [3.8, 4) is 0 Å². The molecule has 0 aliphatic carbocycles. The summed E-state index contributed by atoms with van der Waals surface area (Å²) < 4.78 is 0. The van der Waals surface area contributed by atoms with Crippen molar-refractivity contribution in [2.75, 3.05) is 0 Å². The average Bonchev–Trinajstić information content (AvgIpc) is 1.61. The fourth-order valence-corrected chi connectivity index (χ4v) is 0.0962. The summed E-state index contributed by atoms with van der Waals surface area (Å²) in [5.74, 6) is 0. The predicted molar refractivity (Wildman–Crippen MR) is 24.6 cm³/mol. The Morgan fingerprint density at radius 2 is 2.17 bits per heavy atom. The average molecular weight is 85.1 g/mol. The fourth-order valence-electron chi connectivity index (χ4n) is 0.0962. The van der Waals surface area contributed by atoms with E-state index in [1.165, 1.54) is 12.5 Å². The molecule has 0 saturated heterocycles. The lowest BCUT2D eigenvalue weighted by atomic mass is 11.1. The molecular weight excluding hydrogens is 78.0 g/mol. The summed E-state index contributed by atoms with van der Waals surface area (Å²) in [6, 6.07) is 0. The lowest BCUT2D eigenvalue weighted by Crippen LogP contribution is -1.97. The lowest BCUT2D eigenvalue weighted by Gasteiger charge is -1.90. The second-order valence-electron chi connectivity index (χ2n) is 0.606. The van der Waals surface area contributed by atoms with Crippen LogP contribution in [-0.4, -0.2) is 0 Å². The summed E-state index contributed by atoms with van der Waals surface area (Å²) in [4.78, 5) is 4.38. The number of hydroxylamine groups is 1. The molecule has 0 atom stereocenters. The summed E-state index contributed by atoms with van der Waals surface area (Å²) in [5, 5.41) is 0. The van der Waals surface area contributed by atoms with Gasteiger partial charge in [0.25, 0.3) is 0 Å². The van der Waals surface area contributed by atoms with E-state index < -0.39 is 0 Å². The van der Waals surface area contributed by atoms with Crippen LogP contribution in [0.1, 0.15) is 0 Å². The van der Waals surface area contributed by atoms with Crippen LogP contribution in [0.3, 0.4) is 0 Å². The maximum absolute atomic E-state index is 4.38. The van der Waals surface area contributed by atoms with E-state index in [0.717, 1.165) is 0 Å². The molecule has 1 N–H and O–H groups in total. The first kappa shape index (κ1) is 5.08. The minimum absolute atomic E-state index is 1.28. The van der Waals surface area contributed by atoms with E-state index in [4.69, 9.17) is 0 Å². The summed E-state index contributed by atoms with van der Waals surface area (Å²) in [6.07, 6.45) is 2.70. The van der Waals surface area contributed by atoms with Crippen molar-refractivity contribution >= 4 is 0 Å². The highest BCUT2D eigenvalue weighted by molar-refractivity contribution is 4.56. The van der Waals surface area contributed by atoms with Crippen molar-refractivity contribution in [2.24, 2.45) is 0 Å². The van der Waals surface area contributed by atoms with Gasteiger partial charge < -0.3 is 4.84 Å². The quantitative estimate of drug-likeness (QED) is 0.311. The highest BCUT2D eigenvalue weighted by Gasteiger charge is 1.55. The van der Waals surface area contributed by atoms with Gasteiger partial charge in [0.1, 0.15) is 6.26 Å². The summed E-state index contributed by atoms with van der Waals surface area (Å²) in [7, 11) is 0. The zero-order valence-electron chi connectivity index (χ0n) is 3.48. The van der Waals surface area contributed by atoms with Gasteiger partial charge in [-0.3, -0.25) is 0 Å². The molecule has 0 aliphatic rings. The maximum Gasteiger partial charge on any atom is 0.112 e. The molecule has 0 aliphatic heterocycles. The van der Waals surface area contributed by atoms with Crippen LogP contribution in [-0.2, 0) is 4.84 Å². The Balaban J connectivity index is 2.66. The van der Waals surface area contributed by atoms with Crippen LogP contribution in [0, 0.1) is 0 Å². The third-order valence-corrected chi connectivity index (χ3v) is 0.235. The van der Waals surface area contributed by atoms with Crippen molar-refractivity contribution in [3.05, 3.63) is 25.6 Å². The first-order valence-corrected chi connectivity index (χ1v) is 1.54. The van der Waals surface area contributed by atoms with Crippen LogP contribution in [0.2, 0.25) is 0 Å². The highest BCUT2D eigenvalue weighted by atomic mass is 16.6. The molecular formula is C4H7NO. The first-order valence-electron chi connectivity index (χ1n) is 1.54. The number of rotatable bonds is 3. The Kier molecular flexibility index (Phi) is 3.45. The molecule has 0 amide bonds. The van der Waals surface area contributed by atoms with E-state index in [0.29, 0.717) is 0 Å². The van der Waals surface area contributed by atoms with Crippen LogP contribution in [0.5, 0.6) is 0 Å². The molecule has 0 fully saturated rings. The van der Waals surface area contributed by atoms with Gasteiger partial charge in [0.15, 0.2) is 0 Å². The molecule has 0 saturated carbocycles. The van der Waals surface area contributed by atoms with E-state index in [9.17, 15) is 0 Å². The number of nitrogens with one attached hydrogen (secondary N) is 1. The van der Waals surface area contributed by atoms with Crippen LogP contribution < -0.4 is 5.48 Å². The van der Waals surface area contributed by atoms with Crippen molar-refractivity contribution in [1.82, 2.24) is 5.48 Å². The molecule has 0 bridgehead atoms. The molecule has 34 valence electrons. The Morgan fingerprint density at radius 1 is 1.50 bits per heavy atom. The number of hydrogen-bond donors (Lipinski definition) is 1. The molecule has 0 aromatic carbocycles. The zero-order chi connectivity index (χ0) is 4.83. The SMILES string of the molecule is C=CNOC=C. The van der Waals surface area contributed by atoms with E-state index >= 15 is 0 Å². The van der Waals surface area contributed by atoms with Crippen LogP contribution in [0.25, 0.3) is 0 Å². The van der Waals surface area contributed by atoms with Crippen molar-refractivity contribution < 1.29 is 4.84 Å². The first-order chi connectivity index (χ1) is 2.91. The normalized spacial score (nSPS) is 6.00. The highest BCUT2D eigenvalue weighted by Crippen LogP contribution is 1.59. The Morgan fingerprint density at radius 3 is 2.33 bits per heavy atom. The van der Waals surface area contributed by atoms with Gasteiger partial charge in [-0.2, -0.15) is 0 Å². The van der Waals surface area contributed by atoms with Crippen LogP contribution in [0.15, 0.2) is 25.6 Å². The minimum atomic E-state index is 1.28. The van der Waals surface area contributed by atoms with Gasteiger partial charge in [-0.15, -0.1) is 0 Å². The van der Waals surface area contributed by atoms with Crippen molar-refractivity contribution in [3.63, 3.8) is 0 Å². The van der Waals surface area contributed by atoms with Crippen molar-refractivity contribution in [2.45, 2.75) is 0 Å². The largest absolute Gasteiger partial charge is 0.391 e. The molecule has 0 rings (SSSR count). The Hall–Kier alpha value is -0.920. The molecule has 0 unspecified atom stereocenters. The second-order valence-corrected chi connectivity index (χ2v) is 0.606. The Labute approximate surface area is 37.1 Å². The van der Waals surface area contributed by atoms with Gasteiger partial charge in [0.2, 0.25) is 0 Å². The zero-order valence-corrected chi connectivity index (χ0v) is 3.48. The third-order valence-electron chi connectivity index (χ3n) is 0.235. The molecule has 0 radical (unpaired) electrons. The summed E-state index contributed by atoms with van der Waals surface area (Å²) in [5.41, 5.74) is 2.34. The minimum Gasteiger partial charge on any atom is -0.391 e. The molecule has 2 nitrogen and oxygen atoms in total. The van der Waals surface area contributed by atoms with Gasteiger partial charge >= 0.3 is 0 Å². The predicted octanol–water partition coefficient (Wildman–Crippen LogP) is 0.795. The molecule has 6 heavy (non-hydrogen) atoms. The Bertz CT molecular complexity index is 43.5. The van der Waals surface area contributed by atoms with Gasteiger partial charge in [-0.1, -0.05) is 13.2 Å². The van der Waals surface area contributed by atoms with E-state index in [1.807, 2.05) is 0 Å². The second kappa shape index (κ2) is 4.08. The van der Waals surface area contributed by atoms with E-state index in [2.05, 4.69) is 23.5 Å². The topological polar surface area (TPSA) is 21.3 Å². The van der Waals surface area contributed by atoms with Gasteiger partial charge in [0.05, 0.1) is 0 Å². The molecule has 2 heteroatoms. The van der Waals surface area contributed by atoms with Gasteiger partial charge in [0, 0.05) is 6.20 Å². The number of hydrogen-bond acceptors (Lipinski definition) is 2. The van der Waals surface area contributed by atoms with E-state index in [1.54, 1.807) is 0 Å². The fraction of sp³-hybridized carbons (Fsp3) is 0. The van der Waals surface area contributed by atoms with Crippen LogP contribution in [0.4, 0.5) is 0 Å². The lowest BCUT2D eigenvalue weighted by molar-refractivity contribution is 0.177. The van der Waals surface area contributed by atoms with Crippen LogP contribution >= 0.6 is 0 Å². The molecule has 0 aromatic heterocycles. The monoisotopic (exact) mass is 85.1 g/mol. The maximum atomic E-state index is 4.38. The van der Waals surface area contributed by atoms with Gasteiger partial charge in [-0.25, -0.2) is 5.48 Å². The molecule has 0 aromatic rings. The van der Waals surface area contributed by atoms with Gasteiger partial charge in [-0.05, 0) is 0 Å². The van der Waals surface area contributed by atoms with Crippen molar-refractivity contribution in [1.29, 1.82) is 0 Å². The summed E-state index contributed by atoms with van der Waals surface area (Å²) in [6.45, 7) is 6.58.